The zero-order valence-electron chi connectivity index (χ0n) is 35.3. The minimum atomic E-state index is -0.653. The van der Waals surface area contributed by atoms with Crippen molar-refractivity contribution >= 4 is 11.9 Å². The molecule has 5 nitrogen and oxygen atoms in total. The average Bonchev–Trinajstić information content (AvgIpc) is 3.11. The van der Waals surface area contributed by atoms with Crippen LogP contribution in [0.3, 0.4) is 0 Å². The van der Waals surface area contributed by atoms with Crippen LogP contribution >= 0.6 is 0 Å². The molecule has 0 fully saturated rings. The van der Waals surface area contributed by atoms with Gasteiger partial charge in [-0.15, -0.1) is 0 Å². The minimum absolute atomic E-state index is 0.345. The molecule has 308 valence electrons. The van der Waals surface area contributed by atoms with Gasteiger partial charge in [0.1, 0.15) is 0 Å². The van der Waals surface area contributed by atoms with Crippen molar-refractivity contribution < 1.29 is 19.8 Å². The van der Waals surface area contributed by atoms with Crippen molar-refractivity contribution in [1.29, 1.82) is 0 Å². The van der Waals surface area contributed by atoms with E-state index in [4.69, 9.17) is 15.9 Å². The Bertz CT molecular complexity index is 574. The summed E-state index contributed by atoms with van der Waals surface area (Å²) in [6, 6.07) is 0. The smallest absolute Gasteiger partial charge is 0.303 e. The van der Waals surface area contributed by atoms with Gasteiger partial charge in [0.15, 0.2) is 0 Å². The molecule has 0 spiro atoms. The summed E-state index contributed by atoms with van der Waals surface area (Å²) < 4.78 is 0. The van der Waals surface area contributed by atoms with Crippen molar-refractivity contribution in [2.75, 3.05) is 6.54 Å². The SMILES string of the molecule is CCCCCCCCCCCCCCCCCC(=O)O.CCCCCCCCCCCCCCCCCC(=O)O.CCCCCCCCCCN. The third-order valence-electron chi connectivity index (χ3n) is 10.0. The molecule has 0 aliphatic rings. The standard InChI is InChI=1S/2C18H36O2.C10H23N/c2*1-2-3-4-5-6-7-8-9-10-11-12-13-14-15-16-17-18(19)20;1-2-3-4-5-6-7-8-9-10-11/h2*2-17H2,1H3,(H,19,20);2-11H2,1H3. The van der Waals surface area contributed by atoms with Crippen LogP contribution in [-0.2, 0) is 9.59 Å². The number of hydrogen-bond acceptors (Lipinski definition) is 3. The molecule has 0 heterocycles. The fourth-order valence-corrected chi connectivity index (χ4v) is 6.57. The van der Waals surface area contributed by atoms with Gasteiger partial charge in [-0.2, -0.15) is 0 Å². The molecule has 0 radical (unpaired) electrons. The predicted molar refractivity (Wildman–Crippen MR) is 226 cm³/mol. The second-order valence-corrected chi connectivity index (χ2v) is 15.5. The van der Waals surface area contributed by atoms with E-state index in [-0.39, 0.29) is 0 Å². The van der Waals surface area contributed by atoms with Crippen LogP contribution in [0.15, 0.2) is 0 Å². The molecule has 0 aromatic heterocycles. The van der Waals surface area contributed by atoms with Crippen molar-refractivity contribution in [3.05, 3.63) is 0 Å². The molecular formula is C46H95NO4. The van der Waals surface area contributed by atoms with Gasteiger partial charge in [-0.25, -0.2) is 0 Å². The Morgan fingerprint density at radius 2 is 0.451 bits per heavy atom. The predicted octanol–water partition coefficient (Wildman–Crippen LogP) is 15.8. The third-order valence-corrected chi connectivity index (χ3v) is 10.0. The highest BCUT2D eigenvalue weighted by Gasteiger charge is 1.99. The lowest BCUT2D eigenvalue weighted by molar-refractivity contribution is -0.138. The number of aliphatic carboxylic acids is 2. The van der Waals surface area contributed by atoms with Crippen LogP contribution in [0.1, 0.15) is 278 Å². The van der Waals surface area contributed by atoms with Gasteiger partial charge in [-0.05, 0) is 25.8 Å². The van der Waals surface area contributed by atoms with Gasteiger partial charge in [-0.3, -0.25) is 9.59 Å². The second-order valence-electron chi connectivity index (χ2n) is 15.5. The zero-order valence-corrected chi connectivity index (χ0v) is 35.3. The van der Waals surface area contributed by atoms with Crippen molar-refractivity contribution in [3.8, 4) is 0 Å². The average molecular weight is 726 g/mol. The number of hydrogen-bond donors (Lipinski definition) is 3. The van der Waals surface area contributed by atoms with Crippen LogP contribution < -0.4 is 5.73 Å². The highest BCUT2D eigenvalue weighted by Crippen LogP contribution is 2.15. The summed E-state index contributed by atoms with van der Waals surface area (Å²) in [5.74, 6) is -1.31. The topological polar surface area (TPSA) is 101 Å². The molecule has 0 aromatic carbocycles. The van der Waals surface area contributed by atoms with E-state index < -0.39 is 11.9 Å². The Balaban J connectivity index is -0.000000708. The maximum atomic E-state index is 10.3. The van der Waals surface area contributed by atoms with E-state index in [1.54, 1.807) is 0 Å². The first-order valence-corrected chi connectivity index (χ1v) is 23.1. The molecule has 4 N–H and O–H groups in total. The molecular weight excluding hydrogens is 631 g/mol. The summed E-state index contributed by atoms with van der Waals surface area (Å²) in [5.41, 5.74) is 5.39. The van der Waals surface area contributed by atoms with Gasteiger partial charge in [0.2, 0.25) is 0 Å². The van der Waals surface area contributed by atoms with Gasteiger partial charge in [0.05, 0.1) is 0 Å². The third kappa shape index (κ3) is 64.3. The lowest BCUT2D eigenvalue weighted by Gasteiger charge is -2.03. The Morgan fingerprint density at radius 1 is 0.294 bits per heavy atom. The summed E-state index contributed by atoms with van der Waals surface area (Å²) in [5, 5.41) is 17.0. The van der Waals surface area contributed by atoms with Crippen LogP contribution in [0.25, 0.3) is 0 Å². The van der Waals surface area contributed by atoms with E-state index in [0.717, 1.165) is 32.2 Å². The van der Waals surface area contributed by atoms with E-state index in [2.05, 4.69) is 20.8 Å². The van der Waals surface area contributed by atoms with Gasteiger partial charge >= 0.3 is 11.9 Å². The van der Waals surface area contributed by atoms with Crippen LogP contribution in [0.2, 0.25) is 0 Å². The summed E-state index contributed by atoms with van der Waals surface area (Å²) in [6.07, 6.45) is 51.4. The normalized spacial score (nSPS) is 10.7. The van der Waals surface area contributed by atoms with Crippen LogP contribution in [0, 0.1) is 0 Å². The quantitative estimate of drug-likeness (QED) is 0.0546. The number of unbranched alkanes of at least 4 members (excludes halogenated alkanes) is 35. The van der Waals surface area contributed by atoms with Crippen molar-refractivity contribution in [3.63, 3.8) is 0 Å². The molecule has 0 aromatic rings. The second kappa shape index (κ2) is 53.3. The summed E-state index contributed by atoms with van der Waals surface area (Å²) in [7, 11) is 0. The van der Waals surface area contributed by atoms with Crippen LogP contribution in [0.4, 0.5) is 0 Å². The van der Waals surface area contributed by atoms with E-state index in [1.807, 2.05) is 0 Å². The van der Waals surface area contributed by atoms with Crippen molar-refractivity contribution in [2.24, 2.45) is 5.73 Å². The Labute approximate surface area is 320 Å². The maximum Gasteiger partial charge on any atom is 0.303 e. The largest absolute Gasteiger partial charge is 0.481 e. The number of nitrogens with two attached hydrogens (primary N) is 1. The van der Waals surface area contributed by atoms with Crippen LogP contribution in [0.5, 0.6) is 0 Å². The number of carbonyl (C=O) groups is 2. The number of rotatable bonds is 40. The molecule has 51 heavy (non-hydrogen) atoms. The highest BCUT2D eigenvalue weighted by molar-refractivity contribution is 5.66. The van der Waals surface area contributed by atoms with E-state index >= 15 is 0 Å². The van der Waals surface area contributed by atoms with Gasteiger partial charge in [0.25, 0.3) is 0 Å². The monoisotopic (exact) mass is 726 g/mol. The molecule has 0 aliphatic heterocycles. The zero-order chi connectivity index (χ0) is 38.1. The lowest BCUT2D eigenvalue weighted by Crippen LogP contribution is -1.97. The molecule has 0 rings (SSSR count). The molecule has 0 aliphatic carbocycles. The van der Waals surface area contributed by atoms with Gasteiger partial charge in [-0.1, -0.05) is 245 Å². The van der Waals surface area contributed by atoms with Crippen LogP contribution in [-0.4, -0.2) is 28.7 Å². The minimum Gasteiger partial charge on any atom is -0.481 e. The van der Waals surface area contributed by atoms with Crippen molar-refractivity contribution in [1.82, 2.24) is 0 Å². The van der Waals surface area contributed by atoms with Crippen molar-refractivity contribution in [2.45, 2.75) is 278 Å². The summed E-state index contributed by atoms with van der Waals surface area (Å²) >= 11 is 0. The fourth-order valence-electron chi connectivity index (χ4n) is 6.57. The number of carboxylic acid groups (broad SMARTS) is 2. The fraction of sp³-hybridized carbons (Fsp3) is 0.957. The summed E-state index contributed by atoms with van der Waals surface area (Å²) in [4.78, 5) is 20.7. The molecule has 0 atom stereocenters. The first-order valence-electron chi connectivity index (χ1n) is 23.1. The Hall–Kier alpha value is -1.10. The molecule has 0 saturated carbocycles. The molecule has 0 saturated heterocycles. The highest BCUT2D eigenvalue weighted by atomic mass is 16.4. The summed E-state index contributed by atoms with van der Waals surface area (Å²) in [6.45, 7) is 7.67. The Kier molecular flexibility index (Phi) is 56.6. The molecule has 5 heteroatoms. The first kappa shape index (κ1) is 54.2. The maximum absolute atomic E-state index is 10.3. The molecule has 0 unspecified atom stereocenters. The van der Waals surface area contributed by atoms with Gasteiger partial charge < -0.3 is 15.9 Å². The van der Waals surface area contributed by atoms with Gasteiger partial charge in [0, 0.05) is 12.8 Å². The lowest BCUT2D eigenvalue weighted by atomic mass is 10.0. The van der Waals surface area contributed by atoms with E-state index in [9.17, 15) is 9.59 Å². The van der Waals surface area contributed by atoms with E-state index in [1.165, 1.54) is 218 Å². The number of carboxylic acids is 2. The van der Waals surface area contributed by atoms with E-state index in [0.29, 0.717) is 12.8 Å². The molecule has 0 bridgehead atoms. The first-order chi connectivity index (χ1) is 25.0. The Morgan fingerprint density at radius 3 is 0.608 bits per heavy atom. The molecule has 0 amide bonds.